The minimum Gasteiger partial charge on any atom is -0.441 e. The zero-order chi connectivity index (χ0) is 17.7. The Balaban J connectivity index is 2.29. The van der Waals surface area contributed by atoms with Crippen LogP contribution in [-0.4, -0.2) is 11.8 Å². The van der Waals surface area contributed by atoms with E-state index in [1.807, 2.05) is 42.5 Å². The number of hydrogen-bond donors (Lipinski definition) is 0. The third-order valence-corrected chi connectivity index (χ3v) is 4.01. The summed E-state index contributed by atoms with van der Waals surface area (Å²) in [7, 11) is 0. The summed E-state index contributed by atoms with van der Waals surface area (Å²) in [4.78, 5) is 25.5. The summed E-state index contributed by atoms with van der Waals surface area (Å²) < 4.78 is 5.74. The number of benzene rings is 3. The van der Waals surface area contributed by atoms with Gasteiger partial charge in [-0.25, -0.2) is 0 Å². The zero-order valence-corrected chi connectivity index (χ0v) is 13.9. The fraction of sp³-hybridized carbons (Fsp3) is 0.0909. The van der Waals surface area contributed by atoms with Gasteiger partial charge in [-0.1, -0.05) is 91.0 Å². The lowest BCUT2D eigenvalue weighted by molar-refractivity contribution is -0.150. The van der Waals surface area contributed by atoms with Gasteiger partial charge in [-0.3, -0.25) is 9.59 Å². The maximum atomic E-state index is 13.5. The average Bonchev–Trinajstić information content (AvgIpc) is 2.67. The molecule has 25 heavy (non-hydrogen) atoms. The van der Waals surface area contributed by atoms with E-state index < -0.39 is 11.6 Å². The first-order valence-electron chi connectivity index (χ1n) is 8.05. The van der Waals surface area contributed by atoms with Gasteiger partial charge in [0.05, 0.1) is 0 Å². The molecule has 3 nitrogen and oxygen atoms in total. The molecule has 0 aliphatic rings. The molecular weight excluding hydrogens is 312 g/mol. The summed E-state index contributed by atoms with van der Waals surface area (Å²) in [6, 6.07) is 27.1. The van der Waals surface area contributed by atoms with Crippen LogP contribution in [0, 0.1) is 0 Å². The Morgan fingerprint density at radius 1 is 0.680 bits per heavy atom. The van der Waals surface area contributed by atoms with Crippen molar-refractivity contribution in [3.8, 4) is 0 Å². The summed E-state index contributed by atoms with van der Waals surface area (Å²) in [6.45, 7) is 1.32. The molecule has 0 saturated heterocycles. The Morgan fingerprint density at radius 2 is 1.08 bits per heavy atom. The van der Waals surface area contributed by atoms with E-state index in [2.05, 4.69) is 0 Å². The third-order valence-electron chi connectivity index (χ3n) is 4.01. The van der Waals surface area contributed by atoms with Crippen molar-refractivity contribution in [2.45, 2.75) is 12.5 Å². The number of hydrogen-bond acceptors (Lipinski definition) is 3. The Hall–Kier alpha value is -3.20. The fourth-order valence-electron chi connectivity index (χ4n) is 2.95. The highest BCUT2D eigenvalue weighted by Crippen LogP contribution is 2.37. The molecule has 0 aliphatic heterocycles. The van der Waals surface area contributed by atoms with E-state index in [1.54, 1.807) is 48.5 Å². The molecule has 3 aromatic rings. The van der Waals surface area contributed by atoms with Gasteiger partial charge < -0.3 is 4.74 Å². The van der Waals surface area contributed by atoms with Crippen LogP contribution in [0.1, 0.15) is 28.4 Å². The van der Waals surface area contributed by atoms with Crippen molar-refractivity contribution in [2.24, 2.45) is 0 Å². The smallest absolute Gasteiger partial charge is 0.304 e. The van der Waals surface area contributed by atoms with Crippen molar-refractivity contribution in [1.29, 1.82) is 0 Å². The number of ketones is 1. The topological polar surface area (TPSA) is 43.4 Å². The van der Waals surface area contributed by atoms with E-state index in [0.717, 1.165) is 0 Å². The molecule has 3 aromatic carbocycles. The monoisotopic (exact) mass is 330 g/mol. The van der Waals surface area contributed by atoms with Crippen molar-refractivity contribution in [2.75, 3.05) is 0 Å². The average molecular weight is 330 g/mol. The number of Topliss-reactive ketones (excluding diaryl/α,β-unsaturated/α-hetero) is 1. The van der Waals surface area contributed by atoms with Gasteiger partial charge in [0.1, 0.15) is 0 Å². The summed E-state index contributed by atoms with van der Waals surface area (Å²) >= 11 is 0. The SMILES string of the molecule is CC(=O)OC(C(=O)c1ccccc1)(c1ccccc1)c1ccccc1. The minimum atomic E-state index is -1.52. The predicted molar refractivity (Wildman–Crippen MR) is 96.2 cm³/mol. The van der Waals surface area contributed by atoms with Crippen LogP contribution in [0.2, 0.25) is 0 Å². The van der Waals surface area contributed by atoms with Gasteiger partial charge in [0.25, 0.3) is 0 Å². The van der Waals surface area contributed by atoms with Crippen molar-refractivity contribution in [1.82, 2.24) is 0 Å². The van der Waals surface area contributed by atoms with Crippen LogP contribution < -0.4 is 0 Å². The van der Waals surface area contributed by atoms with E-state index in [-0.39, 0.29) is 5.78 Å². The van der Waals surface area contributed by atoms with Crippen LogP contribution in [0.25, 0.3) is 0 Å². The zero-order valence-electron chi connectivity index (χ0n) is 13.9. The molecule has 0 unspecified atom stereocenters. The number of carbonyl (C=O) groups is 2. The summed E-state index contributed by atoms with van der Waals surface area (Å²) in [5.41, 5.74) is 0.197. The van der Waals surface area contributed by atoms with E-state index in [0.29, 0.717) is 16.7 Å². The van der Waals surface area contributed by atoms with Gasteiger partial charge in [0.15, 0.2) is 0 Å². The minimum absolute atomic E-state index is 0.277. The molecule has 0 atom stereocenters. The summed E-state index contributed by atoms with van der Waals surface area (Å²) in [6.07, 6.45) is 0. The first-order valence-corrected chi connectivity index (χ1v) is 8.05. The van der Waals surface area contributed by atoms with Gasteiger partial charge in [0.2, 0.25) is 11.4 Å². The first kappa shape index (κ1) is 16.7. The Labute approximate surface area is 146 Å². The van der Waals surface area contributed by atoms with Gasteiger partial charge >= 0.3 is 5.97 Å². The predicted octanol–water partition coefficient (Wildman–Crippen LogP) is 4.38. The maximum absolute atomic E-state index is 13.5. The molecule has 0 bridgehead atoms. The molecule has 0 amide bonds. The number of esters is 1. The molecule has 3 heteroatoms. The lowest BCUT2D eigenvalue weighted by Gasteiger charge is -2.33. The van der Waals surface area contributed by atoms with Crippen LogP contribution in [0.5, 0.6) is 0 Å². The number of rotatable bonds is 5. The maximum Gasteiger partial charge on any atom is 0.304 e. The normalized spacial score (nSPS) is 10.9. The summed E-state index contributed by atoms with van der Waals surface area (Å²) in [5, 5.41) is 0. The first-order chi connectivity index (χ1) is 12.1. The molecule has 0 fully saturated rings. The highest BCUT2D eigenvalue weighted by atomic mass is 16.6. The molecule has 0 aromatic heterocycles. The van der Waals surface area contributed by atoms with Crippen LogP contribution in [0.4, 0.5) is 0 Å². The van der Waals surface area contributed by atoms with Gasteiger partial charge in [0, 0.05) is 23.6 Å². The van der Waals surface area contributed by atoms with Crippen molar-refractivity contribution in [3.63, 3.8) is 0 Å². The van der Waals surface area contributed by atoms with Crippen LogP contribution >= 0.6 is 0 Å². The number of ether oxygens (including phenoxy) is 1. The number of carbonyl (C=O) groups excluding carboxylic acids is 2. The highest BCUT2D eigenvalue weighted by molar-refractivity contribution is 6.06. The second-order valence-electron chi connectivity index (χ2n) is 5.70. The standard InChI is InChI=1S/C22H18O3/c1-17(23)25-22(19-13-7-3-8-14-19,20-15-9-4-10-16-20)21(24)18-11-5-2-6-12-18/h2-16H,1H3. The van der Waals surface area contributed by atoms with Crippen LogP contribution in [0.15, 0.2) is 91.0 Å². The molecular formula is C22H18O3. The van der Waals surface area contributed by atoms with Gasteiger partial charge in [-0.2, -0.15) is 0 Å². The molecule has 0 aliphatic carbocycles. The molecule has 124 valence electrons. The molecule has 3 rings (SSSR count). The Kier molecular flexibility index (Phi) is 4.75. The lowest BCUT2D eigenvalue weighted by atomic mass is 9.80. The quantitative estimate of drug-likeness (QED) is 0.515. The van der Waals surface area contributed by atoms with E-state index >= 15 is 0 Å². The van der Waals surface area contributed by atoms with Crippen molar-refractivity contribution in [3.05, 3.63) is 108 Å². The third kappa shape index (κ3) is 3.22. The molecule has 0 heterocycles. The van der Waals surface area contributed by atoms with Gasteiger partial charge in [-0.15, -0.1) is 0 Å². The van der Waals surface area contributed by atoms with Crippen LogP contribution in [0.3, 0.4) is 0 Å². The summed E-state index contributed by atoms with van der Waals surface area (Å²) in [5.74, 6) is -0.794. The molecule has 0 spiro atoms. The lowest BCUT2D eigenvalue weighted by Crippen LogP contribution is -2.41. The van der Waals surface area contributed by atoms with E-state index in [1.165, 1.54) is 6.92 Å². The fourth-order valence-corrected chi connectivity index (χ4v) is 2.95. The van der Waals surface area contributed by atoms with Crippen LogP contribution in [-0.2, 0) is 15.1 Å². The molecule has 0 saturated carbocycles. The Morgan fingerprint density at radius 3 is 1.48 bits per heavy atom. The Bertz CT molecular complexity index is 816. The molecule has 0 radical (unpaired) electrons. The van der Waals surface area contributed by atoms with E-state index in [9.17, 15) is 9.59 Å². The molecule has 0 N–H and O–H groups in total. The second-order valence-corrected chi connectivity index (χ2v) is 5.70. The van der Waals surface area contributed by atoms with Crippen molar-refractivity contribution >= 4 is 11.8 Å². The second kappa shape index (κ2) is 7.14. The largest absolute Gasteiger partial charge is 0.441 e. The highest BCUT2D eigenvalue weighted by Gasteiger charge is 2.45. The van der Waals surface area contributed by atoms with E-state index in [4.69, 9.17) is 4.74 Å². The van der Waals surface area contributed by atoms with Crippen molar-refractivity contribution < 1.29 is 14.3 Å². The van der Waals surface area contributed by atoms with Gasteiger partial charge in [-0.05, 0) is 0 Å².